The molecule has 2 aromatic carbocycles. The Bertz CT molecular complexity index is 1060. The monoisotopic (exact) mass is 359 g/mol. The Morgan fingerprint density at radius 3 is 2.42 bits per heavy atom. The van der Waals surface area contributed by atoms with Gasteiger partial charge in [-0.05, 0) is 37.5 Å². The van der Waals surface area contributed by atoms with E-state index in [1.165, 1.54) is 33.4 Å². The Morgan fingerprint density at radius 1 is 0.885 bits per heavy atom. The van der Waals surface area contributed by atoms with E-state index in [9.17, 15) is 0 Å². The second-order valence-electron chi connectivity index (χ2n) is 6.71. The number of anilines is 1. The van der Waals surface area contributed by atoms with Crippen LogP contribution in [0.1, 0.15) is 22.3 Å². The van der Waals surface area contributed by atoms with Crippen molar-refractivity contribution in [2.75, 3.05) is 5.32 Å². The van der Waals surface area contributed by atoms with Gasteiger partial charge in [0.2, 0.25) is 0 Å². The van der Waals surface area contributed by atoms with Crippen molar-refractivity contribution in [1.82, 2.24) is 9.97 Å². The summed E-state index contributed by atoms with van der Waals surface area (Å²) in [7, 11) is 0. The summed E-state index contributed by atoms with van der Waals surface area (Å²) in [5.41, 5.74) is 7.51. The number of nitrogens with zero attached hydrogens (tertiary/aromatic N) is 2. The maximum absolute atomic E-state index is 4.53. The van der Waals surface area contributed by atoms with Gasteiger partial charge < -0.3 is 5.32 Å². The van der Waals surface area contributed by atoms with Gasteiger partial charge in [0, 0.05) is 17.5 Å². The molecule has 0 unspecified atom stereocenters. The van der Waals surface area contributed by atoms with Crippen molar-refractivity contribution in [3.63, 3.8) is 0 Å². The average Bonchev–Trinajstić information content (AvgIpc) is 3.06. The van der Waals surface area contributed by atoms with Gasteiger partial charge in [0.1, 0.15) is 17.0 Å². The lowest BCUT2D eigenvalue weighted by Gasteiger charge is -2.10. The van der Waals surface area contributed by atoms with Crippen LogP contribution in [0.25, 0.3) is 21.3 Å². The molecule has 0 aliphatic heterocycles. The number of hydrogen-bond acceptors (Lipinski definition) is 4. The molecule has 4 heteroatoms. The molecule has 0 amide bonds. The number of aryl methyl sites for hydroxylation is 3. The first-order chi connectivity index (χ1) is 12.6. The maximum Gasteiger partial charge on any atom is 0.139 e. The molecule has 0 fully saturated rings. The second kappa shape index (κ2) is 6.89. The Morgan fingerprint density at radius 2 is 1.65 bits per heavy atom. The lowest BCUT2D eigenvalue weighted by molar-refractivity contribution is 1.10. The molecule has 26 heavy (non-hydrogen) atoms. The van der Waals surface area contributed by atoms with Crippen molar-refractivity contribution in [3.05, 3.63) is 76.4 Å². The maximum atomic E-state index is 4.53. The molecule has 4 aromatic rings. The summed E-state index contributed by atoms with van der Waals surface area (Å²) in [6.07, 6.45) is 1.64. The van der Waals surface area contributed by atoms with E-state index in [1.54, 1.807) is 17.7 Å². The molecule has 0 aliphatic rings. The summed E-state index contributed by atoms with van der Waals surface area (Å²) in [6, 6.07) is 15.2. The third kappa shape index (κ3) is 3.20. The van der Waals surface area contributed by atoms with Crippen LogP contribution >= 0.6 is 11.3 Å². The van der Waals surface area contributed by atoms with Gasteiger partial charge in [0.05, 0.1) is 5.39 Å². The quantitative estimate of drug-likeness (QED) is 0.493. The van der Waals surface area contributed by atoms with Gasteiger partial charge in [0.25, 0.3) is 0 Å². The van der Waals surface area contributed by atoms with Crippen LogP contribution in [0.4, 0.5) is 5.82 Å². The molecule has 0 saturated heterocycles. The highest BCUT2D eigenvalue weighted by atomic mass is 32.1. The van der Waals surface area contributed by atoms with Crippen molar-refractivity contribution in [3.8, 4) is 11.1 Å². The van der Waals surface area contributed by atoms with Crippen molar-refractivity contribution in [2.45, 2.75) is 27.3 Å². The van der Waals surface area contributed by atoms with Gasteiger partial charge in [-0.2, -0.15) is 0 Å². The van der Waals surface area contributed by atoms with Crippen LogP contribution < -0.4 is 5.32 Å². The minimum atomic E-state index is 0.745. The van der Waals surface area contributed by atoms with Crippen LogP contribution in [0.5, 0.6) is 0 Å². The predicted octanol–water partition coefficient (Wildman–Crippen LogP) is 5.90. The van der Waals surface area contributed by atoms with Crippen LogP contribution in [0.15, 0.2) is 54.2 Å². The Balaban J connectivity index is 1.73. The van der Waals surface area contributed by atoms with Gasteiger partial charge in [-0.1, -0.05) is 53.6 Å². The molecule has 0 bridgehead atoms. The summed E-state index contributed by atoms with van der Waals surface area (Å²) in [4.78, 5) is 10.0. The SMILES string of the molecule is Cc1ccc(CNc2ncnc3scc(-c4ccc(C)cc4C)c23)cc1. The minimum Gasteiger partial charge on any atom is -0.365 e. The molecule has 130 valence electrons. The molecule has 0 radical (unpaired) electrons. The molecular weight excluding hydrogens is 338 g/mol. The zero-order valence-corrected chi connectivity index (χ0v) is 16.0. The smallest absolute Gasteiger partial charge is 0.139 e. The van der Waals surface area contributed by atoms with Gasteiger partial charge >= 0.3 is 0 Å². The Hall–Kier alpha value is -2.72. The molecule has 0 atom stereocenters. The first kappa shape index (κ1) is 16.7. The van der Waals surface area contributed by atoms with Crippen molar-refractivity contribution < 1.29 is 0 Å². The van der Waals surface area contributed by atoms with E-state index in [0.717, 1.165) is 22.6 Å². The molecular formula is C22H21N3S. The van der Waals surface area contributed by atoms with E-state index < -0.39 is 0 Å². The number of hydrogen-bond donors (Lipinski definition) is 1. The zero-order chi connectivity index (χ0) is 18.1. The molecule has 4 rings (SSSR count). The fourth-order valence-corrected chi connectivity index (χ4v) is 4.12. The molecule has 3 nitrogen and oxygen atoms in total. The molecule has 1 N–H and O–H groups in total. The summed E-state index contributed by atoms with van der Waals surface area (Å²) in [5, 5.41) is 6.80. The van der Waals surface area contributed by atoms with Crippen molar-refractivity contribution in [1.29, 1.82) is 0 Å². The number of aromatic nitrogens is 2. The largest absolute Gasteiger partial charge is 0.365 e. The number of nitrogens with one attached hydrogen (secondary N) is 1. The van der Waals surface area contributed by atoms with Crippen LogP contribution in [0, 0.1) is 20.8 Å². The van der Waals surface area contributed by atoms with E-state index in [4.69, 9.17) is 0 Å². The second-order valence-corrected chi connectivity index (χ2v) is 7.57. The molecule has 0 aliphatic carbocycles. The van der Waals surface area contributed by atoms with Crippen LogP contribution in [-0.2, 0) is 6.54 Å². The molecule has 2 aromatic heterocycles. The normalized spacial score (nSPS) is 11.0. The fourth-order valence-electron chi connectivity index (χ4n) is 3.21. The van der Waals surface area contributed by atoms with Crippen LogP contribution in [0.2, 0.25) is 0 Å². The summed E-state index contributed by atoms with van der Waals surface area (Å²) in [5.74, 6) is 0.895. The Kier molecular flexibility index (Phi) is 4.43. The van der Waals surface area contributed by atoms with E-state index in [-0.39, 0.29) is 0 Å². The third-order valence-corrected chi connectivity index (χ3v) is 5.51. The topological polar surface area (TPSA) is 37.8 Å². The third-order valence-electron chi connectivity index (χ3n) is 4.62. The van der Waals surface area contributed by atoms with Gasteiger partial charge in [-0.25, -0.2) is 9.97 Å². The number of thiophene rings is 1. The zero-order valence-electron chi connectivity index (χ0n) is 15.2. The number of fused-ring (bicyclic) bond motifs is 1. The van der Waals surface area contributed by atoms with E-state index >= 15 is 0 Å². The van der Waals surface area contributed by atoms with Crippen LogP contribution in [0.3, 0.4) is 0 Å². The summed E-state index contributed by atoms with van der Waals surface area (Å²) in [6.45, 7) is 7.14. The highest BCUT2D eigenvalue weighted by Crippen LogP contribution is 2.38. The first-order valence-electron chi connectivity index (χ1n) is 8.71. The van der Waals surface area contributed by atoms with Crippen molar-refractivity contribution in [2.24, 2.45) is 0 Å². The highest BCUT2D eigenvalue weighted by molar-refractivity contribution is 7.17. The predicted molar refractivity (Wildman–Crippen MR) is 111 cm³/mol. The standard InChI is InChI=1S/C22H21N3S/c1-14-4-7-17(8-5-14)11-23-21-20-19(12-26-22(20)25-13-24-21)18-9-6-15(2)10-16(18)3/h4-10,12-13H,11H2,1-3H3,(H,23,24,25). The van der Waals surface area contributed by atoms with E-state index in [0.29, 0.717) is 0 Å². The minimum absolute atomic E-state index is 0.745. The van der Waals surface area contributed by atoms with E-state index in [1.807, 2.05) is 0 Å². The van der Waals surface area contributed by atoms with Crippen LogP contribution in [-0.4, -0.2) is 9.97 Å². The van der Waals surface area contributed by atoms with Gasteiger partial charge in [0.15, 0.2) is 0 Å². The molecule has 2 heterocycles. The highest BCUT2D eigenvalue weighted by Gasteiger charge is 2.14. The summed E-state index contributed by atoms with van der Waals surface area (Å²) >= 11 is 1.67. The van der Waals surface area contributed by atoms with Gasteiger partial charge in [-0.3, -0.25) is 0 Å². The number of benzene rings is 2. The Labute approximate surface area is 157 Å². The van der Waals surface area contributed by atoms with Gasteiger partial charge in [-0.15, -0.1) is 11.3 Å². The lowest BCUT2D eigenvalue weighted by Crippen LogP contribution is -2.02. The fraction of sp³-hybridized carbons (Fsp3) is 0.182. The lowest BCUT2D eigenvalue weighted by atomic mass is 9.99. The first-order valence-corrected chi connectivity index (χ1v) is 9.59. The van der Waals surface area contributed by atoms with E-state index in [2.05, 4.69) is 83.9 Å². The van der Waals surface area contributed by atoms with Crippen molar-refractivity contribution >= 4 is 27.4 Å². The summed E-state index contributed by atoms with van der Waals surface area (Å²) < 4.78 is 0. The molecule has 0 saturated carbocycles. The average molecular weight is 359 g/mol. The molecule has 0 spiro atoms. The number of rotatable bonds is 4.